The molecule has 0 atom stereocenters. The Balaban J connectivity index is 0.000000130. The van der Waals surface area contributed by atoms with Crippen LogP contribution in [0.2, 0.25) is 15.1 Å². The van der Waals surface area contributed by atoms with Gasteiger partial charge >= 0.3 is 15.6 Å². The highest BCUT2D eigenvalue weighted by atomic mass is 35.5. The molecule has 15 aromatic rings. The maximum Gasteiger partial charge on any atom is 0.534 e. The second-order valence-corrected chi connectivity index (χ2v) is 22.0. The van der Waals surface area contributed by atoms with E-state index in [4.69, 9.17) is 53.8 Å². The number of furan rings is 3. The normalized spacial score (nSPS) is 11.4. The van der Waals surface area contributed by atoms with Crippen LogP contribution in [0.1, 0.15) is 30.9 Å². The number of H-pyrrole nitrogens is 1. The quantitative estimate of drug-likeness (QED) is 0.0592. The minimum atomic E-state index is -5.88. The van der Waals surface area contributed by atoms with Gasteiger partial charge in [0.25, 0.3) is 0 Å². The molecule has 12 aromatic heterocycles. The van der Waals surface area contributed by atoms with Gasteiger partial charge in [-0.2, -0.15) is 36.9 Å². The molecule has 468 valence electrons. The lowest BCUT2D eigenvalue weighted by molar-refractivity contribution is -0.0499. The first-order chi connectivity index (χ1) is 44.3. The van der Waals surface area contributed by atoms with Crippen molar-refractivity contribution in [2.75, 3.05) is 16.4 Å². The van der Waals surface area contributed by atoms with E-state index in [1.54, 1.807) is 105 Å². The second-order valence-electron chi connectivity index (χ2n) is 19.2. The number of benzene rings is 3. The number of fused-ring (bicyclic) bond motifs is 6. The number of nitrogens with zero attached hydrogens (tertiary/aromatic N) is 14. The monoisotopic (exact) mass is 1340 g/mol. The lowest BCUT2D eigenvalue weighted by atomic mass is 10.2. The number of hydrogen-bond donors (Lipinski definition) is 4. The van der Waals surface area contributed by atoms with Gasteiger partial charge < -0.3 is 33.8 Å². The highest BCUT2D eigenvalue weighted by molar-refractivity contribution is 7.88. The van der Waals surface area contributed by atoms with Gasteiger partial charge in [-0.3, -0.25) is 29.6 Å². The third kappa shape index (κ3) is 13.0. The summed E-state index contributed by atoms with van der Waals surface area (Å²) in [6.45, 7) is 2.88. The lowest BCUT2D eigenvalue weighted by Gasteiger charge is -2.09. The van der Waals surface area contributed by atoms with Crippen molar-refractivity contribution in [2.24, 2.45) is 0 Å². The van der Waals surface area contributed by atoms with Crippen LogP contribution in [-0.4, -0.2) is 100 Å². The highest BCUT2D eigenvalue weighted by Gasteiger charge is 2.49. The number of halogens is 6. The number of nitrogen functional groups attached to an aromatic ring is 1. The van der Waals surface area contributed by atoms with E-state index in [-0.39, 0.29) is 41.8 Å². The van der Waals surface area contributed by atoms with Gasteiger partial charge in [-0.25, -0.2) is 39.3 Å². The van der Waals surface area contributed by atoms with E-state index >= 15 is 0 Å². The molecule has 26 nitrogen and oxygen atoms in total. The number of anilines is 5. The summed E-state index contributed by atoms with van der Waals surface area (Å²) in [5.41, 5.74) is 6.92. The van der Waals surface area contributed by atoms with Crippen molar-refractivity contribution < 1.29 is 48.6 Å². The van der Waals surface area contributed by atoms with Gasteiger partial charge in [0.2, 0.25) is 17.6 Å². The molecule has 5 N–H and O–H groups in total. The Labute approximate surface area is 535 Å². The van der Waals surface area contributed by atoms with E-state index in [0.29, 0.717) is 77.5 Å². The van der Waals surface area contributed by atoms with Crippen LogP contribution in [0, 0.1) is 0 Å². The molecule has 0 bridgehead atoms. The molecule has 0 spiro atoms. The predicted octanol–water partition coefficient (Wildman–Crippen LogP) is 14.3. The molecule has 0 radical (unpaired) electrons. The van der Waals surface area contributed by atoms with Crippen molar-refractivity contribution >= 4 is 151 Å². The first-order valence-electron chi connectivity index (χ1n) is 26.5. The fraction of sp³-hybridized carbons (Fsp3) is 0.0667. The summed E-state index contributed by atoms with van der Waals surface area (Å²) in [6, 6.07) is 20.4. The molecule has 15 rings (SSSR count). The van der Waals surface area contributed by atoms with Crippen molar-refractivity contribution in [3.05, 3.63) is 181 Å². The van der Waals surface area contributed by atoms with E-state index in [2.05, 4.69) is 80.1 Å². The third-order valence-corrected chi connectivity index (χ3v) is 14.8. The number of carbonyl (C=O) groups is 2. The van der Waals surface area contributed by atoms with E-state index in [1.807, 2.05) is 24.3 Å². The molecule has 3 aromatic carbocycles. The average molecular weight is 1340 g/mol. The molecular formula is C60H42Cl3F3N18O8S. The van der Waals surface area contributed by atoms with Gasteiger partial charge in [0.1, 0.15) is 0 Å². The molecular weight excluding hydrogens is 1300 g/mol. The number of alkyl halides is 3. The van der Waals surface area contributed by atoms with Crippen LogP contribution in [-0.2, 0) is 10.1 Å². The lowest BCUT2D eigenvalue weighted by Crippen LogP contribution is -2.28. The van der Waals surface area contributed by atoms with Crippen LogP contribution >= 0.6 is 34.8 Å². The van der Waals surface area contributed by atoms with Crippen LogP contribution in [0.15, 0.2) is 179 Å². The fourth-order valence-electron chi connectivity index (χ4n) is 9.23. The van der Waals surface area contributed by atoms with Crippen molar-refractivity contribution in [2.45, 2.75) is 26.8 Å². The van der Waals surface area contributed by atoms with E-state index in [9.17, 15) is 31.2 Å². The number of carbonyl (C=O) groups excluding carboxylic acids is 2. The van der Waals surface area contributed by atoms with Crippen LogP contribution in [0.25, 0.3) is 100 Å². The summed E-state index contributed by atoms with van der Waals surface area (Å²) < 4.78 is 84.4. The topological polar surface area (TPSA) is 347 Å². The Morgan fingerprint density at radius 3 is 1.46 bits per heavy atom. The van der Waals surface area contributed by atoms with Gasteiger partial charge in [-0.15, -0.1) is 0 Å². The first kappa shape index (κ1) is 63.1. The molecule has 12 heterocycles. The largest absolute Gasteiger partial charge is 0.534 e. The zero-order valence-corrected chi connectivity index (χ0v) is 50.0. The summed E-state index contributed by atoms with van der Waals surface area (Å²) in [5, 5.41) is 27.6. The van der Waals surface area contributed by atoms with Crippen LogP contribution in [0.4, 0.5) is 41.6 Å². The van der Waals surface area contributed by atoms with Crippen molar-refractivity contribution in [3.8, 4) is 40.5 Å². The number of rotatable bonds is 9. The molecule has 0 aliphatic carbocycles. The number of nitrogens with two attached hydrogens (primary N) is 1. The van der Waals surface area contributed by atoms with E-state index in [0.717, 1.165) is 43.8 Å². The fourth-order valence-corrected chi connectivity index (χ4v) is 10.4. The molecule has 33 heteroatoms. The standard InChI is InChI=1S/C20H13ClN6O2.C18H11ClN6O.C12H6F3N3O4S.C9H8ClN3O.CH4/c1-11(28)27-16-8-12(21)7-15(14(16)9-25-27)26-18-13-3-6-22-10-17(13)29-19(18)20-23-4-2-5-24-20;19-10-6-13(12-8-23-25-14(12)7-10)24-16-11-2-5-20-9-15(11)26-17(16)18-21-3-1-4-22-18;13-12(14,15)23(19,20)22-9-7-2-5-16-6-8(7)21-10(9)11-17-3-1-4-18-11;1-5(14)13-9-3-6(10)2-8(11)7(9)4-12-13;/h2-10,26H,1H3;1-9,24H,(H,23,25);1-6H;2-4H,11H2,1H3;1H4. The number of aromatic nitrogens is 15. The van der Waals surface area contributed by atoms with Gasteiger partial charge in [0, 0.05) is 117 Å². The second kappa shape index (κ2) is 26.2. The van der Waals surface area contributed by atoms with Crippen molar-refractivity contribution in [1.82, 2.24) is 74.6 Å². The Kier molecular flexibility index (Phi) is 17.8. The van der Waals surface area contributed by atoms with E-state index < -0.39 is 21.4 Å². The molecule has 0 saturated heterocycles. The Bertz CT molecular complexity index is 5380. The van der Waals surface area contributed by atoms with Crippen molar-refractivity contribution in [3.63, 3.8) is 0 Å². The highest BCUT2D eigenvalue weighted by Crippen LogP contribution is 2.44. The third-order valence-electron chi connectivity index (χ3n) is 13.2. The first-order valence-corrected chi connectivity index (χ1v) is 29.1. The zero-order valence-electron chi connectivity index (χ0n) is 46.9. The smallest absolute Gasteiger partial charge is 0.449 e. The molecule has 0 fully saturated rings. The summed E-state index contributed by atoms with van der Waals surface area (Å²) >= 11 is 18.4. The average Bonchev–Trinajstić information content (AvgIpc) is 1.75. The van der Waals surface area contributed by atoms with Crippen LogP contribution in [0.5, 0.6) is 5.75 Å². The molecule has 0 aliphatic rings. The maximum atomic E-state index is 12.6. The number of hydrogen-bond acceptors (Lipinski definition) is 23. The summed E-state index contributed by atoms with van der Waals surface area (Å²) in [5.74, 6) is 0.433. The maximum absolute atomic E-state index is 12.6. The van der Waals surface area contributed by atoms with Gasteiger partial charge in [-0.05, 0) is 72.8 Å². The SMILES string of the molecule is C.CC(=O)n1ncc2c(N)cc(Cl)cc21.CC(=O)n1ncc2c(Nc3c(-c4ncccn4)oc4cnccc34)cc(Cl)cc21.Clc1cc(Nc2c(-c3ncccn3)oc3cnccc23)c2cn[nH]c2c1.O=S(=O)(Oc1c(-c2ncccn2)oc2cnccc12)C(F)(F)F. The number of nitrogens with one attached hydrogen (secondary N) is 3. The van der Waals surface area contributed by atoms with Crippen LogP contribution in [0.3, 0.4) is 0 Å². The van der Waals surface area contributed by atoms with Crippen molar-refractivity contribution in [1.29, 1.82) is 0 Å². The Hall–Kier alpha value is -11.5. The van der Waals surface area contributed by atoms with Gasteiger partial charge in [0.05, 0.1) is 81.9 Å². The summed E-state index contributed by atoms with van der Waals surface area (Å²) in [4.78, 5) is 59.9. The minimum absolute atomic E-state index is 0. The van der Waals surface area contributed by atoms with Gasteiger partial charge in [0.15, 0.2) is 51.5 Å². The predicted molar refractivity (Wildman–Crippen MR) is 342 cm³/mol. The molecule has 0 aliphatic heterocycles. The molecule has 0 amide bonds. The summed E-state index contributed by atoms with van der Waals surface area (Å²) in [6.07, 6.45) is 23.3. The molecule has 93 heavy (non-hydrogen) atoms. The van der Waals surface area contributed by atoms with Gasteiger partial charge in [-0.1, -0.05) is 42.2 Å². The zero-order chi connectivity index (χ0) is 64.4. The Morgan fingerprint density at radius 2 is 0.968 bits per heavy atom. The Morgan fingerprint density at radius 1 is 0.548 bits per heavy atom. The number of aromatic amines is 1. The van der Waals surface area contributed by atoms with Crippen LogP contribution < -0.4 is 20.6 Å². The number of pyridine rings is 3. The molecule has 0 saturated carbocycles. The van der Waals surface area contributed by atoms with E-state index in [1.165, 1.54) is 60.1 Å². The minimum Gasteiger partial charge on any atom is -0.449 e. The molecule has 0 unspecified atom stereocenters. The summed E-state index contributed by atoms with van der Waals surface area (Å²) in [7, 11) is -5.88.